The lowest BCUT2D eigenvalue weighted by molar-refractivity contribution is 0.221. The van der Waals surface area contributed by atoms with Crippen molar-refractivity contribution in [1.82, 2.24) is 15.5 Å². The molecule has 0 spiro atoms. The van der Waals surface area contributed by atoms with Crippen LogP contribution in [0, 0.1) is 24.5 Å². The van der Waals surface area contributed by atoms with E-state index >= 15 is 0 Å². The molecular weight excluding hydrogens is 448 g/mol. The lowest BCUT2D eigenvalue weighted by Crippen LogP contribution is -2.52. The molecule has 2 atom stereocenters. The van der Waals surface area contributed by atoms with Gasteiger partial charge in [0, 0.05) is 31.2 Å². The van der Waals surface area contributed by atoms with Crippen LogP contribution in [0.4, 0.5) is 8.78 Å². The van der Waals surface area contributed by atoms with Gasteiger partial charge in [-0.05, 0) is 72.1 Å². The summed E-state index contributed by atoms with van der Waals surface area (Å²) in [6.07, 6.45) is 0.773. The molecule has 2 aliphatic heterocycles. The second kappa shape index (κ2) is 9.65. The van der Waals surface area contributed by atoms with Crippen LogP contribution in [0.3, 0.4) is 0 Å². The van der Waals surface area contributed by atoms with Gasteiger partial charge >= 0.3 is 0 Å². The first kappa shape index (κ1) is 22.7. The zero-order chi connectivity index (χ0) is 23.7. The van der Waals surface area contributed by atoms with Crippen LogP contribution < -0.4 is 10.6 Å². The van der Waals surface area contributed by atoms with Crippen LogP contribution in [-0.2, 0) is 13.0 Å². The second-order valence-corrected chi connectivity index (χ2v) is 9.61. The number of benzene rings is 3. The van der Waals surface area contributed by atoms with E-state index in [0.29, 0.717) is 5.11 Å². The Hall–Kier alpha value is -3.09. The molecule has 0 bridgehead atoms. The van der Waals surface area contributed by atoms with E-state index < -0.39 is 0 Å². The standard InChI is InChI=1S/C28H27F2N3S/c1-18-2-4-20(5-3-18)15-33-16-22(14-19-6-10-23(29)11-7-19)27-25(17-33)26(31-28(34)32-27)21-8-12-24(30)13-9-21/h2-13,22,26H,14-17H2,1H3,(H2,31,32,34). The minimum absolute atomic E-state index is 0.124. The number of halogens is 2. The van der Waals surface area contributed by atoms with Crippen LogP contribution in [0.25, 0.3) is 0 Å². The summed E-state index contributed by atoms with van der Waals surface area (Å²) in [5, 5.41) is 7.40. The summed E-state index contributed by atoms with van der Waals surface area (Å²) in [4.78, 5) is 2.45. The highest BCUT2D eigenvalue weighted by atomic mass is 32.1. The van der Waals surface area contributed by atoms with Gasteiger partial charge in [0.05, 0.1) is 6.04 Å². The molecule has 3 aromatic carbocycles. The Balaban J connectivity index is 1.50. The molecule has 0 fully saturated rings. The average molecular weight is 476 g/mol. The Labute approximate surface area is 204 Å². The molecule has 3 nitrogen and oxygen atoms in total. The summed E-state index contributed by atoms with van der Waals surface area (Å²) in [6.45, 7) is 4.55. The number of nitrogens with zero attached hydrogens (tertiary/aromatic N) is 1. The lowest BCUT2D eigenvalue weighted by Gasteiger charge is -2.43. The summed E-state index contributed by atoms with van der Waals surface area (Å²) in [6, 6.07) is 21.9. The highest BCUT2D eigenvalue weighted by Gasteiger charge is 2.36. The van der Waals surface area contributed by atoms with Gasteiger partial charge in [0.15, 0.2) is 5.11 Å². The van der Waals surface area contributed by atoms with Crippen molar-refractivity contribution in [2.45, 2.75) is 25.9 Å². The maximum Gasteiger partial charge on any atom is 0.171 e. The first-order chi connectivity index (χ1) is 16.4. The smallest absolute Gasteiger partial charge is 0.171 e. The highest BCUT2D eigenvalue weighted by Crippen LogP contribution is 2.35. The molecule has 5 rings (SSSR count). The number of hydrogen-bond acceptors (Lipinski definition) is 2. The molecule has 6 heteroatoms. The van der Waals surface area contributed by atoms with Crippen molar-refractivity contribution in [2.24, 2.45) is 5.92 Å². The van der Waals surface area contributed by atoms with E-state index in [2.05, 4.69) is 46.7 Å². The maximum absolute atomic E-state index is 13.6. The Bertz CT molecular complexity index is 1200. The third kappa shape index (κ3) is 5.03. The fourth-order valence-corrected chi connectivity index (χ4v) is 5.17. The molecule has 174 valence electrons. The maximum atomic E-state index is 13.6. The van der Waals surface area contributed by atoms with Gasteiger partial charge in [-0.15, -0.1) is 0 Å². The van der Waals surface area contributed by atoms with Gasteiger partial charge in [-0.3, -0.25) is 4.90 Å². The molecule has 3 aromatic rings. The lowest BCUT2D eigenvalue weighted by atomic mass is 9.84. The number of aryl methyl sites for hydroxylation is 1. The van der Waals surface area contributed by atoms with Crippen LogP contribution in [0.15, 0.2) is 84.1 Å². The van der Waals surface area contributed by atoms with E-state index in [1.165, 1.54) is 41.0 Å². The first-order valence-corrected chi connectivity index (χ1v) is 11.9. The summed E-state index contributed by atoms with van der Waals surface area (Å²) >= 11 is 5.56. The highest BCUT2D eigenvalue weighted by molar-refractivity contribution is 7.80. The largest absolute Gasteiger partial charge is 0.352 e. The Kier molecular flexibility index (Phi) is 6.44. The van der Waals surface area contributed by atoms with Gasteiger partial charge in [0.2, 0.25) is 0 Å². The van der Waals surface area contributed by atoms with E-state index in [1.807, 2.05) is 24.3 Å². The number of nitrogens with one attached hydrogen (secondary N) is 2. The molecule has 0 aromatic heterocycles. The van der Waals surface area contributed by atoms with E-state index in [0.717, 1.165) is 42.9 Å². The fraction of sp³-hybridized carbons (Fsp3) is 0.250. The van der Waals surface area contributed by atoms with Crippen molar-refractivity contribution in [3.05, 3.63) is 118 Å². The monoisotopic (exact) mass is 475 g/mol. The molecule has 0 saturated heterocycles. The molecule has 0 radical (unpaired) electrons. The molecule has 0 amide bonds. The van der Waals surface area contributed by atoms with Gasteiger partial charge in [0.25, 0.3) is 0 Å². The normalized spacial score (nSPS) is 20.5. The number of thiocarbonyl (C=S) groups is 1. The first-order valence-electron chi connectivity index (χ1n) is 11.5. The van der Waals surface area contributed by atoms with Gasteiger partial charge in [-0.2, -0.15) is 0 Å². The topological polar surface area (TPSA) is 27.3 Å². The molecule has 2 heterocycles. The predicted molar refractivity (Wildman–Crippen MR) is 135 cm³/mol. The van der Waals surface area contributed by atoms with Crippen LogP contribution >= 0.6 is 12.2 Å². The van der Waals surface area contributed by atoms with Crippen molar-refractivity contribution in [1.29, 1.82) is 0 Å². The van der Waals surface area contributed by atoms with Gasteiger partial charge in [0.1, 0.15) is 11.6 Å². The molecule has 0 aliphatic carbocycles. The second-order valence-electron chi connectivity index (χ2n) is 9.20. The van der Waals surface area contributed by atoms with Crippen LogP contribution in [0.1, 0.15) is 28.3 Å². The molecular formula is C28H27F2N3S. The van der Waals surface area contributed by atoms with Crippen LogP contribution in [-0.4, -0.2) is 23.1 Å². The Morgan fingerprint density at radius 2 is 1.50 bits per heavy atom. The van der Waals surface area contributed by atoms with E-state index in [1.54, 1.807) is 0 Å². The molecule has 34 heavy (non-hydrogen) atoms. The SMILES string of the molecule is Cc1ccc(CN2CC3=C(NC(=S)NC3c3ccc(F)cc3)C(Cc3ccc(F)cc3)C2)cc1. The van der Waals surface area contributed by atoms with Crippen molar-refractivity contribution < 1.29 is 8.78 Å². The van der Waals surface area contributed by atoms with Crippen molar-refractivity contribution in [3.8, 4) is 0 Å². The summed E-state index contributed by atoms with van der Waals surface area (Å²) in [7, 11) is 0. The molecule has 2 unspecified atom stereocenters. The van der Waals surface area contributed by atoms with Gasteiger partial charge in [-0.1, -0.05) is 54.1 Å². The van der Waals surface area contributed by atoms with E-state index in [-0.39, 0.29) is 23.6 Å². The summed E-state index contributed by atoms with van der Waals surface area (Å²) < 4.78 is 27.1. The third-order valence-electron chi connectivity index (χ3n) is 6.62. The predicted octanol–water partition coefficient (Wildman–Crippen LogP) is 5.42. The van der Waals surface area contributed by atoms with E-state index in [9.17, 15) is 8.78 Å². The van der Waals surface area contributed by atoms with Gasteiger partial charge < -0.3 is 10.6 Å². The number of rotatable bonds is 5. The zero-order valence-corrected chi connectivity index (χ0v) is 19.8. The van der Waals surface area contributed by atoms with Crippen molar-refractivity contribution in [2.75, 3.05) is 13.1 Å². The quantitative estimate of drug-likeness (QED) is 0.482. The minimum atomic E-state index is -0.256. The fourth-order valence-electron chi connectivity index (χ4n) is 4.95. The minimum Gasteiger partial charge on any atom is -0.352 e. The molecule has 2 aliphatic rings. The van der Waals surface area contributed by atoms with Crippen molar-refractivity contribution in [3.63, 3.8) is 0 Å². The zero-order valence-electron chi connectivity index (χ0n) is 19.0. The van der Waals surface area contributed by atoms with Crippen molar-refractivity contribution >= 4 is 17.3 Å². The molecule has 2 N–H and O–H groups in total. The Morgan fingerprint density at radius 3 is 2.18 bits per heavy atom. The van der Waals surface area contributed by atoms with Gasteiger partial charge in [-0.25, -0.2) is 8.78 Å². The summed E-state index contributed by atoms with van der Waals surface area (Å²) in [5.41, 5.74) is 6.91. The third-order valence-corrected chi connectivity index (χ3v) is 6.84. The van der Waals surface area contributed by atoms with Crippen LogP contribution in [0.5, 0.6) is 0 Å². The summed E-state index contributed by atoms with van der Waals surface area (Å²) in [5.74, 6) is -0.318. The average Bonchev–Trinajstić information content (AvgIpc) is 2.83. The van der Waals surface area contributed by atoms with E-state index in [4.69, 9.17) is 12.2 Å². The Morgan fingerprint density at radius 1 is 0.882 bits per heavy atom. The van der Waals surface area contributed by atoms with Crippen LogP contribution in [0.2, 0.25) is 0 Å². The molecule has 0 saturated carbocycles. The number of hydrogen-bond donors (Lipinski definition) is 2.